The predicted octanol–water partition coefficient (Wildman–Crippen LogP) is 2.51. The molecule has 2 nitrogen and oxygen atoms in total. The van der Waals surface area contributed by atoms with Gasteiger partial charge in [-0.1, -0.05) is 6.92 Å². The van der Waals surface area contributed by atoms with Gasteiger partial charge >= 0.3 is 0 Å². The first kappa shape index (κ1) is 10.4. The predicted molar refractivity (Wildman–Crippen MR) is 60.0 cm³/mol. The molecule has 2 atom stereocenters. The molecule has 0 aromatic heterocycles. The lowest BCUT2D eigenvalue weighted by atomic mass is 10.0. The summed E-state index contributed by atoms with van der Waals surface area (Å²) < 4.78 is 0. The van der Waals surface area contributed by atoms with Gasteiger partial charge in [0.1, 0.15) is 0 Å². The second-order valence-electron chi connectivity index (χ2n) is 5.71. The molecule has 0 aliphatic carbocycles. The van der Waals surface area contributed by atoms with Gasteiger partial charge in [0.2, 0.25) is 0 Å². The molecule has 2 saturated heterocycles. The van der Waals surface area contributed by atoms with Crippen LogP contribution in [0.15, 0.2) is 0 Å². The van der Waals surface area contributed by atoms with Gasteiger partial charge in [-0.05, 0) is 46.0 Å². The highest BCUT2D eigenvalue weighted by molar-refractivity contribution is 4.90. The van der Waals surface area contributed by atoms with Crippen LogP contribution >= 0.6 is 0 Å². The maximum absolute atomic E-state index is 2.63. The quantitative estimate of drug-likeness (QED) is 0.636. The Labute approximate surface area is 88.2 Å². The maximum Gasteiger partial charge on any atom is 0.0301 e. The smallest absolute Gasteiger partial charge is 0.0301 e. The molecule has 0 bridgehead atoms. The Morgan fingerprint density at radius 2 is 1.86 bits per heavy atom. The first-order chi connectivity index (χ1) is 6.52. The maximum atomic E-state index is 2.63. The van der Waals surface area contributed by atoms with Crippen LogP contribution in [0.1, 0.15) is 47.0 Å². The van der Waals surface area contributed by atoms with Crippen LogP contribution in [0.25, 0.3) is 0 Å². The molecular weight excluding hydrogens is 172 g/mol. The molecule has 14 heavy (non-hydrogen) atoms. The minimum absolute atomic E-state index is 0.401. The van der Waals surface area contributed by atoms with E-state index in [0.717, 1.165) is 12.0 Å². The molecular formula is C12H24N2. The van der Waals surface area contributed by atoms with Crippen LogP contribution in [0.5, 0.6) is 0 Å². The van der Waals surface area contributed by atoms with Crippen LogP contribution < -0.4 is 0 Å². The van der Waals surface area contributed by atoms with E-state index in [-0.39, 0.29) is 0 Å². The monoisotopic (exact) mass is 196 g/mol. The number of nitrogens with zero attached hydrogens (tertiary/aromatic N) is 2. The van der Waals surface area contributed by atoms with Gasteiger partial charge in [-0.15, -0.1) is 0 Å². The summed E-state index contributed by atoms with van der Waals surface area (Å²) >= 11 is 0. The van der Waals surface area contributed by atoms with Crippen molar-refractivity contribution >= 4 is 0 Å². The Kier molecular flexibility index (Phi) is 2.61. The largest absolute Gasteiger partial charge is 0.238 e. The minimum atomic E-state index is 0.401. The minimum Gasteiger partial charge on any atom is -0.238 e. The van der Waals surface area contributed by atoms with Gasteiger partial charge < -0.3 is 0 Å². The number of hydrogen-bond donors (Lipinski definition) is 0. The first-order valence-electron chi connectivity index (χ1n) is 6.06. The normalized spacial score (nSPS) is 39.4. The standard InChI is InChI=1S/C12H24N2/c1-10-6-9-13(11(10)2)14-8-5-7-12(14,3)4/h10-11H,5-9H2,1-4H3. The average Bonchev–Trinajstić information content (AvgIpc) is 2.59. The molecule has 2 heteroatoms. The lowest BCUT2D eigenvalue weighted by molar-refractivity contribution is -0.0800. The van der Waals surface area contributed by atoms with E-state index in [2.05, 4.69) is 37.7 Å². The first-order valence-corrected chi connectivity index (χ1v) is 6.06. The van der Waals surface area contributed by atoms with Gasteiger partial charge in [0.25, 0.3) is 0 Å². The average molecular weight is 196 g/mol. The Bertz CT molecular complexity index is 212. The summed E-state index contributed by atoms with van der Waals surface area (Å²) in [5.41, 5.74) is 0.401. The summed E-state index contributed by atoms with van der Waals surface area (Å²) in [6.07, 6.45) is 4.09. The Morgan fingerprint density at radius 1 is 1.14 bits per heavy atom. The summed E-state index contributed by atoms with van der Waals surface area (Å²) in [6, 6.07) is 0.743. The van der Waals surface area contributed by atoms with Crippen molar-refractivity contribution in [3.8, 4) is 0 Å². The summed E-state index contributed by atoms with van der Waals surface area (Å²) in [4.78, 5) is 0. The third-order valence-electron chi connectivity index (χ3n) is 4.27. The molecule has 2 rings (SSSR count). The van der Waals surface area contributed by atoms with Crippen molar-refractivity contribution in [1.82, 2.24) is 10.0 Å². The molecule has 82 valence electrons. The van der Waals surface area contributed by atoms with Crippen molar-refractivity contribution in [3.63, 3.8) is 0 Å². The van der Waals surface area contributed by atoms with Crippen molar-refractivity contribution in [1.29, 1.82) is 0 Å². The topological polar surface area (TPSA) is 6.48 Å². The van der Waals surface area contributed by atoms with Crippen LogP contribution in [0.3, 0.4) is 0 Å². The van der Waals surface area contributed by atoms with E-state index in [4.69, 9.17) is 0 Å². The summed E-state index contributed by atoms with van der Waals surface area (Å²) in [6.45, 7) is 12.1. The fraction of sp³-hybridized carbons (Fsp3) is 1.00. The van der Waals surface area contributed by atoms with Crippen LogP contribution in [0.2, 0.25) is 0 Å². The molecule has 2 aliphatic heterocycles. The van der Waals surface area contributed by atoms with Crippen LogP contribution in [0.4, 0.5) is 0 Å². The fourth-order valence-electron chi connectivity index (χ4n) is 2.98. The highest BCUT2D eigenvalue weighted by Gasteiger charge is 2.40. The van der Waals surface area contributed by atoms with Gasteiger partial charge in [-0.2, -0.15) is 0 Å². The molecule has 0 N–H and O–H groups in total. The fourth-order valence-corrected chi connectivity index (χ4v) is 2.98. The van der Waals surface area contributed by atoms with E-state index in [1.807, 2.05) is 0 Å². The molecule has 0 spiro atoms. The summed E-state index contributed by atoms with van der Waals surface area (Å²) in [7, 11) is 0. The van der Waals surface area contributed by atoms with Gasteiger partial charge in [0, 0.05) is 24.7 Å². The van der Waals surface area contributed by atoms with Gasteiger partial charge in [-0.3, -0.25) is 0 Å². The third kappa shape index (κ3) is 1.59. The molecule has 0 radical (unpaired) electrons. The SMILES string of the molecule is CC1CCN(N2CCCC2(C)C)C1C. The zero-order valence-electron chi connectivity index (χ0n) is 10.1. The van der Waals surface area contributed by atoms with Crippen molar-refractivity contribution < 1.29 is 0 Å². The van der Waals surface area contributed by atoms with E-state index < -0.39 is 0 Å². The molecule has 0 aromatic carbocycles. The Balaban J connectivity index is 2.08. The summed E-state index contributed by atoms with van der Waals surface area (Å²) in [5.74, 6) is 0.867. The zero-order chi connectivity index (χ0) is 10.3. The molecule has 2 heterocycles. The number of hydrogen-bond acceptors (Lipinski definition) is 2. The lowest BCUT2D eigenvalue weighted by Gasteiger charge is -2.41. The third-order valence-corrected chi connectivity index (χ3v) is 4.27. The van der Waals surface area contributed by atoms with E-state index >= 15 is 0 Å². The summed E-state index contributed by atoms with van der Waals surface area (Å²) in [5, 5.41) is 5.25. The molecule has 2 unspecified atom stereocenters. The molecule has 0 aromatic rings. The highest BCUT2D eigenvalue weighted by atomic mass is 15.7. The van der Waals surface area contributed by atoms with Gasteiger partial charge in [0.05, 0.1) is 0 Å². The van der Waals surface area contributed by atoms with Crippen LogP contribution in [-0.4, -0.2) is 34.7 Å². The van der Waals surface area contributed by atoms with Crippen molar-refractivity contribution in [3.05, 3.63) is 0 Å². The lowest BCUT2D eigenvalue weighted by Crippen LogP contribution is -2.52. The van der Waals surface area contributed by atoms with Crippen molar-refractivity contribution in [2.75, 3.05) is 13.1 Å². The van der Waals surface area contributed by atoms with E-state index in [9.17, 15) is 0 Å². The Hall–Kier alpha value is -0.0800. The van der Waals surface area contributed by atoms with Gasteiger partial charge in [0.15, 0.2) is 0 Å². The van der Waals surface area contributed by atoms with Gasteiger partial charge in [-0.25, -0.2) is 10.0 Å². The molecule has 0 amide bonds. The van der Waals surface area contributed by atoms with Crippen molar-refractivity contribution in [2.24, 2.45) is 5.92 Å². The highest BCUT2D eigenvalue weighted by Crippen LogP contribution is 2.35. The number of rotatable bonds is 1. The Morgan fingerprint density at radius 3 is 2.29 bits per heavy atom. The molecule has 0 saturated carbocycles. The van der Waals surface area contributed by atoms with E-state index in [0.29, 0.717) is 5.54 Å². The number of hydrazine groups is 1. The molecule has 2 fully saturated rings. The van der Waals surface area contributed by atoms with Crippen LogP contribution in [0, 0.1) is 5.92 Å². The van der Waals surface area contributed by atoms with Crippen molar-refractivity contribution in [2.45, 2.75) is 58.5 Å². The van der Waals surface area contributed by atoms with E-state index in [1.165, 1.54) is 32.4 Å². The zero-order valence-corrected chi connectivity index (χ0v) is 10.1. The van der Waals surface area contributed by atoms with Crippen LogP contribution in [-0.2, 0) is 0 Å². The molecule has 2 aliphatic rings. The second-order valence-corrected chi connectivity index (χ2v) is 5.71. The van der Waals surface area contributed by atoms with E-state index in [1.54, 1.807) is 0 Å². The second kappa shape index (κ2) is 3.49.